The Kier molecular flexibility index (Phi) is 5.89. The Hall–Kier alpha value is -2.44. The number of carbonyl (C=O) groups excluding carboxylic acids is 2. The third-order valence-electron chi connectivity index (χ3n) is 4.36. The van der Waals surface area contributed by atoms with Gasteiger partial charge in [0.15, 0.2) is 6.61 Å². The van der Waals surface area contributed by atoms with Gasteiger partial charge in [-0.15, -0.1) is 0 Å². The molecule has 0 unspecified atom stereocenters. The first-order valence-electron chi connectivity index (χ1n) is 8.09. The Bertz CT molecular complexity index is 636. The lowest BCUT2D eigenvalue weighted by Crippen LogP contribution is -2.39. The number of benzene rings is 1. The summed E-state index contributed by atoms with van der Waals surface area (Å²) in [5.74, 6) is -0.561. The number of nitrogens with zero attached hydrogens (tertiary/aromatic N) is 1. The van der Waals surface area contributed by atoms with Gasteiger partial charge in [0.05, 0.1) is 4.92 Å². The molecule has 7 nitrogen and oxygen atoms in total. The van der Waals surface area contributed by atoms with Gasteiger partial charge in [-0.05, 0) is 44.6 Å². The second-order valence-electron chi connectivity index (χ2n) is 6.33. The number of ether oxygens (including phenoxy) is 1. The summed E-state index contributed by atoms with van der Waals surface area (Å²) in [6.07, 6.45) is 3.98. The van der Waals surface area contributed by atoms with Crippen LogP contribution in [-0.2, 0) is 9.53 Å². The van der Waals surface area contributed by atoms with Crippen LogP contribution in [0, 0.1) is 23.0 Å². The normalized spacial score (nSPS) is 20.2. The van der Waals surface area contributed by atoms with Gasteiger partial charge in [-0.2, -0.15) is 0 Å². The van der Waals surface area contributed by atoms with Crippen LogP contribution < -0.4 is 5.32 Å². The third kappa shape index (κ3) is 4.53. The predicted molar refractivity (Wildman–Crippen MR) is 87.7 cm³/mol. The fraction of sp³-hybridized carbons (Fsp3) is 0.529. The molecule has 0 aliphatic heterocycles. The van der Waals surface area contributed by atoms with Crippen molar-refractivity contribution in [3.63, 3.8) is 0 Å². The van der Waals surface area contributed by atoms with Gasteiger partial charge in [-0.25, -0.2) is 4.79 Å². The lowest BCUT2D eigenvalue weighted by molar-refractivity contribution is -0.385. The first-order chi connectivity index (χ1) is 11.4. The molecular formula is C17H22N2O5. The van der Waals surface area contributed by atoms with Gasteiger partial charge in [0, 0.05) is 11.6 Å². The van der Waals surface area contributed by atoms with Crippen LogP contribution >= 0.6 is 0 Å². The molecule has 0 bridgehead atoms. The molecule has 1 saturated carbocycles. The van der Waals surface area contributed by atoms with Crippen molar-refractivity contribution in [1.82, 2.24) is 5.32 Å². The van der Waals surface area contributed by atoms with E-state index in [1.807, 2.05) is 0 Å². The van der Waals surface area contributed by atoms with E-state index in [2.05, 4.69) is 12.2 Å². The second-order valence-corrected chi connectivity index (χ2v) is 6.33. The molecule has 1 aliphatic carbocycles. The highest BCUT2D eigenvalue weighted by atomic mass is 16.6. The summed E-state index contributed by atoms with van der Waals surface area (Å²) >= 11 is 0. The molecule has 0 spiro atoms. The minimum atomic E-state index is -0.863. The van der Waals surface area contributed by atoms with E-state index in [0.29, 0.717) is 11.5 Å². The molecule has 0 radical (unpaired) electrons. The zero-order valence-electron chi connectivity index (χ0n) is 13.9. The first kappa shape index (κ1) is 17.9. The Morgan fingerprint density at radius 1 is 1.29 bits per heavy atom. The van der Waals surface area contributed by atoms with Crippen LogP contribution in [0.1, 0.15) is 48.5 Å². The van der Waals surface area contributed by atoms with Gasteiger partial charge >= 0.3 is 5.97 Å². The number of amides is 1. The molecule has 1 aromatic carbocycles. The average Bonchev–Trinajstić information content (AvgIpc) is 2.54. The largest absolute Gasteiger partial charge is 0.452 e. The predicted octanol–water partition coefficient (Wildman–Crippen LogP) is 2.75. The average molecular weight is 334 g/mol. The summed E-state index contributed by atoms with van der Waals surface area (Å²) in [4.78, 5) is 34.4. The molecule has 0 aromatic heterocycles. The SMILES string of the molecule is Cc1cccc(C(=O)OCC(=O)NC2CCC(C)CC2)c1[N+](=O)[O-]. The number of hydrogen-bond acceptors (Lipinski definition) is 5. The van der Waals surface area contributed by atoms with Crippen molar-refractivity contribution in [2.24, 2.45) is 5.92 Å². The van der Waals surface area contributed by atoms with E-state index in [9.17, 15) is 19.7 Å². The molecule has 0 saturated heterocycles. The van der Waals surface area contributed by atoms with E-state index >= 15 is 0 Å². The molecule has 130 valence electrons. The van der Waals surface area contributed by atoms with E-state index in [-0.39, 0.29) is 23.2 Å². The minimum Gasteiger partial charge on any atom is -0.452 e. The summed E-state index contributed by atoms with van der Waals surface area (Å²) in [6, 6.07) is 4.53. The van der Waals surface area contributed by atoms with Crippen molar-refractivity contribution in [2.75, 3.05) is 6.61 Å². The Balaban J connectivity index is 1.90. The van der Waals surface area contributed by atoms with Crippen molar-refractivity contribution in [3.8, 4) is 0 Å². The van der Waals surface area contributed by atoms with E-state index in [1.165, 1.54) is 6.07 Å². The van der Waals surface area contributed by atoms with Gasteiger partial charge in [0.25, 0.3) is 11.6 Å². The van der Waals surface area contributed by atoms with Gasteiger partial charge in [0.2, 0.25) is 0 Å². The Morgan fingerprint density at radius 2 is 1.96 bits per heavy atom. The lowest BCUT2D eigenvalue weighted by atomic mass is 9.87. The van der Waals surface area contributed by atoms with E-state index in [4.69, 9.17) is 4.74 Å². The van der Waals surface area contributed by atoms with Gasteiger partial charge < -0.3 is 10.1 Å². The topological polar surface area (TPSA) is 98.5 Å². The summed E-state index contributed by atoms with van der Waals surface area (Å²) in [6.45, 7) is 3.30. The van der Waals surface area contributed by atoms with Crippen molar-refractivity contribution in [2.45, 2.75) is 45.6 Å². The standard InChI is InChI=1S/C17H22N2O5/c1-11-6-8-13(9-7-11)18-15(20)10-24-17(21)14-5-3-4-12(2)16(14)19(22)23/h3-5,11,13H,6-10H2,1-2H3,(H,18,20). The number of carbonyl (C=O) groups is 2. The maximum absolute atomic E-state index is 12.1. The summed E-state index contributed by atoms with van der Waals surface area (Å²) in [7, 11) is 0. The van der Waals surface area contributed by atoms with E-state index in [0.717, 1.165) is 25.7 Å². The Morgan fingerprint density at radius 3 is 2.58 bits per heavy atom. The van der Waals surface area contributed by atoms with Gasteiger partial charge in [-0.3, -0.25) is 14.9 Å². The smallest absolute Gasteiger partial charge is 0.345 e. The molecule has 2 rings (SSSR count). The minimum absolute atomic E-state index is 0.112. The number of para-hydroxylation sites is 1. The molecule has 24 heavy (non-hydrogen) atoms. The highest BCUT2D eigenvalue weighted by Gasteiger charge is 2.25. The molecule has 1 aromatic rings. The number of rotatable bonds is 5. The first-order valence-corrected chi connectivity index (χ1v) is 8.09. The zero-order chi connectivity index (χ0) is 17.7. The fourth-order valence-corrected chi connectivity index (χ4v) is 2.95. The molecule has 1 N–H and O–H groups in total. The summed E-state index contributed by atoms with van der Waals surface area (Å²) in [5, 5.41) is 13.9. The lowest BCUT2D eigenvalue weighted by Gasteiger charge is -2.26. The molecule has 1 aliphatic rings. The molecule has 0 atom stereocenters. The van der Waals surface area contributed by atoms with Gasteiger partial charge in [0.1, 0.15) is 5.56 Å². The van der Waals surface area contributed by atoms with E-state index < -0.39 is 17.5 Å². The molecular weight excluding hydrogens is 312 g/mol. The third-order valence-corrected chi connectivity index (χ3v) is 4.36. The zero-order valence-corrected chi connectivity index (χ0v) is 13.9. The van der Waals surface area contributed by atoms with Crippen molar-refractivity contribution >= 4 is 17.6 Å². The van der Waals surface area contributed by atoms with Crippen LogP contribution in [0.25, 0.3) is 0 Å². The number of nitro benzene ring substituents is 1. The number of nitrogens with one attached hydrogen (secondary N) is 1. The van der Waals surface area contributed by atoms with Crippen molar-refractivity contribution < 1.29 is 19.2 Å². The number of esters is 1. The fourth-order valence-electron chi connectivity index (χ4n) is 2.95. The molecule has 7 heteroatoms. The number of aryl methyl sites for hydroxylation is 1. The van der Waals surface area contributed by atoms with Crippen LogP contribution in [-0.4, -0.2) is 29.4 Å². The molecule has 1 fully saturated rings. The highest BCUT2D eigenvalue weighted by Crippen LogP contribution is 2.24. The van der Waals surface area contributed by atoms with Crippen molar-refractivity contribution in [1.29, 1.82) is 0 Å². The van der Waals surface area contributed by atoms with Crippen LogP contribution in [0.15, 0.2) is 18.2 Å². The second kappa shape index (κ2) is 7.90. The highest BCUT2D eigenvalue weighted by molar-refractivity contribution is 5.95. The van der Waals surface area contributed by atoms with E-state index in [1.54, 1.807) is 19.1 Å². The number of hydrogen-bond donors (Lipinski definition) is 1. The summed E-state index contributed by atoms with van der Waals surface area (Å²) < 4.78 is 4.94. The van der Waals surface area contributed by atoms with Crippen LogP contribution in [0.2, 0.25) is 0 Å². The molecule has 0 heterocycles. The maximum Gasteiger partial charge on any atom is 0.345 e. The Labute approximate surface area is 140 Å². The molecule has 1 amide bonds. The van der Waals surface area contributed by atoms with Gasteiger partial charge in [-0.1, -0.05) is 19.1 Å². The van der Waals surface area contributed by atoms with Crippen molar-refractivity contribution in [3.05, 3.63) is 39.4 Å². The number of nitro groups is 1. The van der Waals surface area contributed by atoms with Crippen LogP contribution in [0.5, 0.6) is 0 Å². The quantitative estimate of drug-likeness (QED) is 0.507. The summed E-state index contributed by atoms with van der Waals surface area (Å²) in [5.41, 5.74) is -0.0568. The monoisotopic (exact) mass is 334 g/mol. The maximum atomic E-state index is 12.1. The van der Waals surface area contributed by atoms with Crippen LogP contribution in [0.3, 0.4) is 0 Å². The van der Waals surface area contributed by atoms with Crippen LogP contribution in [0.4, 0.5) is 5.69 Å².